The van der Waals surface area contributed by atoms with Crippen LogP contribution in [-0.4, -0.2) is 4.98 Å². The molecule has 2 N–H and O–H groups in total. The van der Waals surface area contributed by atoms with Crippen LogP contribution in [0.25, 0.3) is 10.9 Å². The van der Waals surface area contributed by atoms with E-state index < -0.39 is 0 Å². The smallest absolute Gasteiger partial charge is 0.0663 e. The minimum Gasteiger partial charge on any atom is -0.377 e. The molecule has 0 amide bonds. The molecule has 100 valence electrons. The number of benzene rings is 2. The lowest BCUT2D eigenvalue weighted by Gasteiger charge is -2.16. The topological polar surface area (TPSA) is 27.8 Å². The van der Waals surface area contributed by atoms with Crippen LogP contribution >= 0.6 is 0 Å². The summed E-state index contributed by atoms with van der Waals surface area (Å²) in [4.78, 5) is 3.63. The Kier molecular flexibility index (Phi) is 2.56. The highest BCUT2D eigenvalue weighted by Gasteiger charge is 2.23. The number of hydrogen-bond donors (Lipinski definition) is 2. The van der Waals surface area contributed by atoms with Gasteiger partial charge in [0.25, 0.3) is 0 Å². The molecule has 4 rings (SSSR count). The van der Waals surface area contributed by atoms with Gasteiger partial charge in [-0.3, -0.25) is 0 Å². The Morgan fingerprint density at radius 1 is 1.05 bits per heavy atom. The maximum Gasteiger partial charge on any atom is 0.0663 e. The van der Waals surface area contributed by atoms with Gasteiger partial charge in [-0.1, -0.05) is 43.3 Å². The van der Waals surface area contributed by atoms with E-state index in [9.17, 15) is 0 Å². The van der Waals surface area contributed by atoms with Gasteiger partial charge in [-0.2, -0.15) is 0 Å². The van der Waals surface area contributed by atoms with Gasteiger partial charge >= 0.3 is 0 Å². The molecule has 2 aromatic carbocycles. The monoisotopic (exact) mass is 262 g/mol. The summed E-state index contributed by atoms with van der Waals surface area (Å²) >= 11 is 0. The number of rotatable bonds is 1. The minimum absolute atomic E-state index is 0.362. The second kappa shape index (κ2) is 4.41. The van der Waals surface area contributed by atoms with Crippen LogP contribution in [0.15, 0.2) is 48.5 Å². The Morgan fingerprint density at radius 3 is 2.75 bits per heavy atom. The molecule has 1 aromatic heterocycles. The van der Waals surface area contributed by atoms with Crippen LogP contribution in [0, 0.1) is 0 Å². The number of aromatic amines is 1. The molecule has 1 unspecified atom stereocenters. The number of fused-ring (bicyclic) bond motifs is 4. The molecule has 1 atom stereocenters. The van der Waals surface area contributed by atoms with Crippen LogP contribution in [0.4, 0.5) is 5.69 Å². The number of H-pyrrole nitrogens is 1. The van der Waals surface area contributed by atoms with Crippen molar-refractivity contribution in [1.82, 2.24) is 4.98 Å². The zero-order valence-electron chi connectivity index (χ0n) is 11.6. The highest BCUT2D eigenvalue weighted by molar-refractivity contribution is 5.86. The number of aromatic nitrogens is 1. The van der Waals surface area contributed by atoms with E-state index in [0.29, 0.717) is 6.04 Å². The number of para-hydroxylation sites is 2. The third-order valence-corrected chi connectivity index (χ3v) is 4.32. The van der Waals surface area contributed by atoms with Crippen molar-refractivity contribution in [2.24, 2.45) is 0 Å². The standard InChI is InChI=1S/C18H18N2/c1-2-15-18-14(13-8-4-6-10-17(13)20-18)11-12-7-3-5-9-16(12)19-15/h3-10,15,19-20H,2,11H2,1H3. The van der Waals surface area contributed by atoms with Crippen LogP contribution in [0.3, 0.4) is 0 Å². The van der Waals surface area contributed by atoms with Crippen LogP contribution in [-0.2, 0) is 6.42 Å². The van der Waals surface area contributed by atoms with Crippen molar-refractivity contribution in [2.45, 2.75) is 25.8 Å². The fourth-order valence-electron chi connectivity index (χ4n) is 3.28. The first kappa shape index (κ1) is 11.6. The van der Waals surface area contributed by atoms with Gasteiger partial charge in [0.05, 0.1) is 6.04 Å². The zero-order valence-corrected chi connectivity index (χ0v) is 11.6. The van der Waals surface area contributed by atoms with Gasteiger partial charge in [0.2, 0.25) is 0 Å². The lowest BCUT2D eigenvalue weighted by atomic mass is 10.00. The molecule has 0 radical (unpaired) electrons. The Balaban J connectivity index is 1.98. The second-order valence-corrected chi connectivity index (χ2v) is 5.50. The lowest BCUT2D eigenvalue weighted by Crippen LogP contribution is -2.09. The van der Waals surface area contributed by atoms with E-state index in [1.807, 2.05) is 0 Å². The van der Waals surface area contributed by atoms with Gasteiger partial charge in [-0.15, -0.1) is 0 Å². The van der Waals surface area contributed by atoms with Crippen LogP contribution in [0.5, 0.6) is 0 Å². The van der Waals surface area contributed by atoms with E-state index in [1.165, 1.54) is 33.4 Å². The van der Waals surface area contributed by atoms with E-state index in [-0.39, 0.29) is 0 Å². The molecule has 0 fully saturated rings. The molecule has 0 saturated carbocycles. The average molecular weight is 262 g/mol. The van der Waals surface area contributed by atoms with Gasteiger partial charge in [0.15, 0.2) is 0 Å². The van der Waals surface area contributed by atoms with E-state index in [4.69, 9.17) is 0 Å². The van der Waals surface area contributed by atoms with Crippen molar-refractivity contribution in [1.29, 1.82) is 0 Å². The normalized spacial score (nSPS) is 17.1. The van der Waals surface area contributed by atoms with Crippen molar-refractivity contribution >= 4 is 16.6 Å². The molecule has 0 bridgehead atoms. The predicted molar refractivity (Wildman–Crippen MR) is 84.2 cm³/mol. The Morgan fingerprint density at radius 2 is 1.85 bits per heavy atom. The second-order valence-electron chi connectivity index (χ2n) is 5.50. The Hall–Kier alpha value is -2.22. The molecule has 20 heavy (non-hydrogen) atoms. The molecule has 2 heteroatoms. The van der Waals surface area contributed by atoms with E-state index >= 15 is 0 Å². The summed E-state index contributed by atoms with van der Waals surface area (Å²) in [6.07, 6.45) is 2.08. The van der Waals surface area contributed by atoms with Crippen molar-refractivity contribution < 1.29 is 0 Å². The van der Waals surface area contributed by atoms with Crippen LogP contribution in [0.2, 0.25) is 0 Å². The van der Waals surface area contributed by atoms with Crippen LogP contribution < -0.4 is 5.32 Å². The molecule has 1 aliphatic rings. The van der Waals surface area contributed by atoms with Crippen LogP contribution in [0.1, 0.15) is 36.2 Å². The first-order chi connectivity index (χ1) is 9.86. The summed E-state index contributed by atoms with van der Waals surface area (Å²) in [6, 6.07) is 17.6. The Bertz CT molecular complexity index is 770. The van der Waals surface area contributed by atoms with Gasteiger partial charge in [0.1, 0.15) is 0 Å². The molecule has 1 aliphatic heterocycles. The van der Waals surface area contributed by atoms with Crippen molar-refractivity contribution in [3.63, 3.8) is 0 Å². The third-order valence-electron chi connectivity index (χ3n) is 4.32. The fraction of sp³-hybridized carbons (Fsp3) is 0.222. The minimum atomic E-state index is 0.362. The lowest BCUT2D eigenvalue weighted by molar-refractivity contribution is 0.729. The molecule has 2 heterocycles. The molecular weight excluding hydrogens is 244 g/mol. The van der Waals surface area contributed by atoms with Gasteiger partial charge in [-0.25, -0.2) is 0 Å². The molecule has 0 saturated heterocycles. The number of anilines is 1. The first-order valence-corrected chi connectivity index (χ1v) is 7.30. The summed E-state index contributed by atoms with van der Waals surface area (Å²) < 4.78 is 0. The SMILES string of the molecule is CCC1Nc2ccccc2Cc2c1[nH]c1ccccc21. The highest BCUT2D eigenvalue weighted by Crippen LogP contribution is 2.36. The van der Waals surface area contributed by atoms with Crippen molar-refractivity contribution in [3.05, 3.63) is 65.4 Å². The zero-order chi connectivity index (χ0) is 13.5. The third kappa shape index (κ3) is 1.64. The van der Waals surface area contributed by atoms with Gasteiger partial charge in [-0.05, 0) is 29.7 Å². The fourth-order valence-corrected chi connectivity index (χ4v) is 3.28. The first-order valence-electron chi connectivity index (χ1n) is 7.30. The van der Waals surface area contributed by atoms with Gasteiger partial charge in [0, 0.05) is 28.7 Å². The summed E-state index contributed by atoms with van der Waals surface area (Å²) in [5.74, 6) is 0. The summed E-state index contributed by atoms with van der Waals surface area (Å²) in [5, 5.41) is 5.06. The molecule has 3 aromatic rings. The predicted octanol–water partition coefficient (Wildman–Crippen LogP) is 4.64. The van der Waals surface area contributed by atoms with Gasteiger partial charge < -0.3 is 10.3 Å². The van der Waals surface area contributed by atoms with E-state index in [2.05, 4.69) is 65.8 Å². The maximum absolute atomic E-state index is 3.70. The average Bonchev–Trinajstić information content (AvgIpc) is 2.77. The molecular formula is C18H18N2. The summed E-state index contributed by atoms with van der Waals surface area (Å²) in [6.45, 7) is 2.24. The van der Waals surface area contributed by atoms with Crippen molar-refractivity contribution in [2.75, 3.05) is 5.32 Å². The van der Waals surface area contributed by atoms with Crippen molar-refractivity contribution in [3.8, 4) is 0 Å². The molecule has 2 nitrogen and oxygen atoms in total. The Labute approximate surface area is 118 Å². The molecule has 0 spiro atoms. The largest absolute Gasteiger partial charge is 0.377 e. The number of hydrogen-bond acceptors (Lipinski definition) is 1. The van der Waals surface area contributed by atoms with E-state index in [0.717, 1.165) is 12.8 Å². The number of nitrogens with one attached hydrogen (secondary N) is 2. The quantitative estimate of drug-likeness (QED) is 0.657. The van der Waals surface area contributed by atoms with E-state index in [1.54, 1.807) is 0 Å². The highest BCUT2D eigenvalue weighted by atomic mass is 15.0. The summed E-state index contributed by atoms with van der Waals surface area (Å²) in [5.41, 5.74) is 6.70. The maximum atomic E-state index is 3.70. The molecule has 0 aliphatic carbocycles. The summed E-state index contributed by atoms with van der Waals surface area (Å²) in [7, 11) is 0.